The minimum absolute atomic E-state index is 0.208. The molecule has 0 aliphatic carbocycles. The van der Waals surface area contributed by atoms with Gasteiger partial charge in [-0.2, -0.15) is 0 Å². The van der Waals surface area contributed by atoms with Gasteiger partial charge in [0.2, 0.25) is 0 Å². The average Bonchev–Trinajstić information content (AvgIpc) is 2.90. The van der Waals surface area contributed by atoms with Crippen molar-refractivity contribution < 1.29 is 13.9 Å². The van der Waals surface area contributed by atoms with Crippen molar-refractivity contribution in [3.8, 4) is 5.75 Å². The summed E-state index contributed by atoms with van der Waals surface area (Å²) in [4.78, 5) is 4.27. The quantitative estimate of drug-likeness (QED) is 0.800. The molecule has 3 nitrogen and oxygen atoms in total. The molecule has 0 amide bonds. The number of hydrogen-bond acceptors (Lipinski definition) is 2. The van der Waals surface area contributed by atoms with Gasteiger partial charge in [-0.25, -0.2) is 13.8 Å². The number of hydrogen-bond donors (Lipinski definition) is 1. The van der Waals surface area contributed by atoms with Gasteiger partial charge in [0.05, 0.1) is 0 Å². The van der Waals surface area contributed by atoms with Crippen molar-refractivity contribution in [1.82, 2.24) is 9.55 Å². The molecule has 0 bridgehead atoms. The molecule has 1 heterocycles. The first-order chi connectivity index (χ1) is 10.6. The van der Waals surface area contributed by atoms with Crippen LogP contribution < -0.4 is 0 Å². The van der Waals surface area contributed by atoms with Crippen LogP contribution in [0.4, 0.5) is 8.78 Å². The Kier molecular flexibility index (Phi) is 3.87. The Morgan fingerprint density at radius 1 is 1.00 bits per heavy atom. The highest BCUT2D eigenvalue weighted by atomic mass is 19.2. The van der Waals surface area contributed by atoms with E-state index in [1.807, 2.05) is 16.8 Å². The van der Waals surface area contributed by atoms with E-state index >= 15 is 0 Å². The largest absolute Gasteiger partial charge is 0.508 e. The molecule has 0 saturated carbocycles. The Balaban J connectivity index is 1.81. The molecular weight excluding hydrogens is 286 g/mol. The maximum Gasteiger partial charge on any atom is 0.159 e. The molecule has 22 heavy (non-hydrogen) atoms. The lowest BCUT2D eigenvalue weighted by molar-refractivity contribution is 0.474. The third kappa shape index (κ3) is 3.14. The van der Waals surface area contributed by atoms with Crippen LogP contribution in [0.1, 0.15) is 17.0 Å². The molecule has 2 aromatic carbocycles. The van der Waals surface area contributed by atoms with Crippen LogP contribution in [0.3, 0.4) is 0 Å². The molecule has 0 saturated heterocycles. The van der Waals surface area contributed by atoms with E-state index in [9.17, 15) is 13.9 Å². The number of phenols is 1. The predicted molar refractivity (Wildman–Crippen MR) is 78.6 cm³/mol. The lowest BCUT2D eigenvalue weighted by atomic mass is 10.1. The minimum Gasteiger partial charge on any atom is -0.508 e. The lowest BCUT2D eigenvalue weighted by Crippen LogP contribution is -2.05. The third-order valence-electron chi connectivity index (χ3n) is 3.41. The SMILES string of the molecule is Oc1cccc(Cn2ccnc2Cc2ccc(F)c(F)c2)c1. The Morgan fingerprint density at radius 3 is 2.64 bits per heavy atom. The summed E-state index contributed by atoms with van der Waals surface area (Å²) in [5.74, 6) is -0.760. The van der Waals surface area contributed by atoms with E-state index in [0.717, 1.165) is 17.5 Å². The van der Waals surface area contributed by atoms with Crippen molar-refractivity contribution in [1.29, 1.82) is 0 Å². The molecular formula is C17H14F2N2O. The van der Waals surface area contributed by atoms with E-state index < -0.39 is 11.6 Å². The number of aromatic nitrogens is 2. The van der Waals surface area contributed by atoms with Crippen LogP contribution in [0, 0.1) is 11.6 Å². The maximum atomic E-state index is 13.3. The van der Waals surface area contributed by atoms with Gasteiger partial charge in [0.15, 0.2) is 11.6 Å². The second-order valence-electron chi connectivity index (χ2n) is 5.07. The second kappa shape index (κ2) is 5.97. The van der Waals surface area contributed by atoms with Crippen molar-refractivity contribution in [2.24, 2.45) is 0 Å². The molecule has 0 aliphatic heterocycles. The summed E-state index contributed by atoms with van der Waals surface area (Å²) in [5.41, 5.74) is 1.59. The van der Waals surface area contributed by atoms with E-state index in [2.05, 4.69) is 4.98 Å². The molecule has 0 unspecified atom stereocenters. The first-order valence-corrected chi connectivity index (χ1v) is 6.83. The number of halogens is 2. The summed E-state index contributed by atoms with van der Waals surface area (Å²) >= 11 is 0. The molecule has 1 aromatic heterocycles. The summed E-state index contributed by atoms with van der Waals surface area (Å²) in [6, 6.07) is 10.8. The fourth-order valence-corrected chi connectivity index (χ4v) is 2.33. The van der Waals surface area contributed by atoms with E-state index in [4.69, 9.17) is 0 Å². The number of imidazole rings is 1. The third-order valence-corrected chi connectivity index (χ3v) is 3.41. The van der Waals surface area contributed by atoms with Gasteiger partial charge in [-0.15, -0.1) is 0 Å². The number of nitrogens with zero attached hydrogens (tertiary/aromatic N) is 2. The summed E-state index contributed by atoms with van der Waals surface area (Å²) in [6.45, 7) is 0.549. The van der Waals surface area contributed by atoms with Gasteiger partial charge in [0.1, 0.15) is 11.6 Å². The zero-order chi connectivity index (χ0) is 15.5. The van der Waals surface area contributed by atoms with Crippen LogP contribution in [0.25, 0.3) is 0 Å². The van der Waals surface area contributed by atoms with Gasteiger partial charge < -0.3 is 9.67 Å². The van der Waals surface area contributed by atoms with Gasteiger partial charge in [-0.3, -0.25) is 0 Å². The van der Waals surface area contributed by atoms with Crippen molar-refractivity contribution in [3.63, 3.8) is 0 Å². The van der Waals surface area contributed by atoms with Crippen LogP contribution in [0.5, 0.6) is 5.75 Å². The van der Waals surface area contributed by atoms with E-state index in [0.29, 0.717) is 18.5 Å². The molecule has 3 rings (SSSR count). The van der Waals surface area contributed by atoms with Gasteiger partial charge in [-0.1, -0.05) is 18.2 Å². The predicted octanol–water partition coefficient (Wildman–Crippen LogP) is 3.51. The maximum absolute atomic E-state index is 13.3. The molecule has 0 spiro atoms. The van der Waals surface area contributed by atoms with Crippen molar-refractivity contribution in [2.45, 2.75) is 13.0 Å². The van der Waals surface area contributed by atoms with E-state index in [-0.39, 0.29) is 5.75 Å². The average molecular weight is 300 g/mol. The lowest BCUT2D eigenvalue weighted by Gasteiger charge is -2.09. The van der Waals surface area contributed by atoms with Gasteiger partial charge >= 0.3 is 0 Å². The zero-order valence-corrected chi connectivity index (χ0v) is 11.7. The molecule has 0 atom stereocenters. The van der Waals surface area contributed by atoms with Crippen LogP contribution in [-0.2, 0) is 13.0 Å². The molecule has 1 N–H and O–H groups in total. The molecule has 0 fully saturated rings. The summed E-state index contributed by atoms with van der Waals surface area (Å²) < 4.78 is 28.1. The van der Waals surface area contributed by atoms with Crippen LogP contribution in [-0.4, -0.2) is 14.7 Å². The molecule has 0 radical (unpaired) electrons. The van der Waals surface area contributed by atoms with E-state index in [1.54, 1.807) is 30.5 Å². The summed E-state index contributed by atoms with van der Waals surface area (Å²) in [6.07, 6.45) is 3.89. The topological polar surface area (TPSA) is 38.0 Å². The number of benzene rings is 2. The molecule has 0 aliphatic rings. The minimum atomic E-state index is -0.858. The smallest absolute Gasteiger partial charge is 0.159 e. The zero-order valence-electron chi connectivity index (χ0n) is 11.7. The normalized spacial score (nSPS) is 10.8. The first kappa shape index (κ1) is 14.3. The Hall–Kier alpha value is -2.69. The number of rotatable bonds is 4. The van der Waals surface area contributed by atoms with E-state index in [1.165, 1.54) is 6.07 Å². The van der Waals surface area contributed by atoms with Crippen LogP contribution in [0.15, 0.2) is 54.9 Å². The fourth-order valence-electron chi connectivity index (χ4n) is 2.33. The number of aromatic hydroxyl groups is 1. The highest BCUT2D eigenvalue weighted by Gasteiger charge is 2.08. The highest BCUT2D eigenvalue weighted by molar-refractivity contribution is 5.28. The monoisotopic (exact) mass is 300 g/mol. The van der Waals surface area contributed by atoms with Crippen molar-refractivity contribution >= 4 is 0 Å². The highest BCUT2D eigenvalue weighted by Crippen LogP contribution is 2.16. The molecule has 3 aromatic rings. The molecule has 112 valence electrons. The summed E-state index contributed by atoms with van der Waals surface area (Å²) in [7, 11) is 0. The Labute approximate surface area is 126 Å². The van der Waals surface area contributed by atoms with Crippen LogP contribution in [0.2, 0.25) is 0 Å². The van der Waals surface area contributed by atoms with Gasteiger partial charge in [0.25, 0.3) is 0 Å². The summed E-state index contributed by atoms with van der Waals surface area (Å²) in [5, 5.41) is 9.50. The Bertz CT molecular complexity index is 799. The Morgan fingerprint density at radius 2 is 1.86 bits per heavy atom. The fraction of sp³-hybridized carbons (Fsp3) is 0.118. The van der Waals surface area contributed by atoms with Crippen molar-refractivity contribution in [3.05, 3.63) is 83.4 Å². The van der Waals surface area contributed by atoms with Crippen LogP contribution >= 0.6 is 0 Å². The second-order valence-corrected chi connectivity index (χ2v) is 5.07. The van der Waals surface area contributed by atoms with Gasteiger partial charge in [0, 0.05) is 25.4 Å². The van der Waals surface area contributed by atoms with Crippen molar-refractivity contribution in [2.75, 3.05) is 0 Å². The number of phenolic OH excluding ortho intramolecular Hbond substituents is 1. The first-order valence-electron chi connectivity index (χ1n) is 6.83. The standard InChI is InChI=1S/C17H14F2N2O/c18-15-5-4-12(9-16(15)19)10-17-20-6-7-21(17)11-13-2-1-3-14(22)8-13/h1-9,22H,10-11H2. The molecule has 5 heteroatoms. The van der Waals surface area contributed by atoms with Gasteiger partial charge in [-0.05, 0) is 35.4 Å².